The Kier molecular flexibility index (Phi) is 6.82. The number of hydrazone groups is 1. The number of hydrogen-bond donors (Lipinski definition) is 1. The molecule has 1 aliphatic rings. The maximum absolute atomic E-state index is 14.5. The number of amides is 1. The van der Waals surface area contributed by atoms with Gasteiger partial charge in [0, 0.05) is 18.7 Å². The lowest BCUT2D eigenvalue weighted by Crippen LogP contribution is -2.36. The number of anilines is 1. The highest BCUT2D eigenvalue weighted by molar-refractivity contribution is 5.99. The molecule has 0 aliphatic carbocycles. The Morgan fingerprint density at radius 3 is 2.69 bits per heavy atom. The minimum atomic E-state index is -0.379. The molecule has 29 heavy (non-hydrogen) atoms. The fourth-order valence-electron chi connectivity index (χ4n) is 3.04. The van der Waals surface area contributed by atoms with Crippen LogP contribution in [0.2, 0.25) is 0 Å². The monoisotopic (exact) mass is 399 g/mol. The SMILES string of the molecule is C/C(=N/NC(=O)COc1cc(C)ccc1C)c1ccc(N2CCOCC2)c(F)c1. The third kappa shape index (κ3) is 5.54. The standard InChI is InChI=1S/C22H26FN3O3/c1-15-4-5-16(2)21(12-15)29-14-22(27)25-24-17(3)18-6-7-20(19(23)13-18)26-8-10-28-11-9-26/h4-7,12-13H,8-11,14H2,1-3H3,(H,25,27)/b24-17-. The first-order valence-corrected chi connectivity index (χ1v) is 9.60. The van der Waals surface area contributed by atoms with Crippen molar-refractivity contribution in [1.82, 2.24) is 5.43 Å². The average Bonchev–Trinajstić information content (AvgIpc) is 2.73. The molecular weight excluding hydrogens is 373 g/mol. The molecule has 7 heteroatoms. The molecular formula is C22H26FN3O3. The third-order valence-corrected chi connectivity index (χ3v) is 4.77. The lowest BCUT2D eigenvalue weighted by molar-refractivity contribution is -0.123. The van der Waals surface area contributed by atoms with Crippen LogP contribution in [0.4, 0.5) is 10.1 Å². The Labute approximate surface area is 170 Å². The number of ether oxygens (including phenoxy) is 2. The van der Waals surface area contributed by atoms with Crippen molar-refractivity contribution in [2.45, 2.75) is 20.8 Å². The van der Waals surface area contributed by atoms with Crippen molar-refractivity contribution in [2.75, 3.05) is 37.8 Å². The van der Waals surface area contributed by atoms with Gasteiger partial charge >= 0.3 is 0 Å². The predicted molar refractivity (Wildman–Crippen MR) is 111 cm³/mol. The van der Waals surface area contributed by atoms with Crippen LogP contribution in [0.1, 0.15) is 23.6 Å². The molecule has 0 unspecified atom stereocenters. The van der Waals surface area contributed by atoms with Gasteiger partial charge in [-0.3, -0.25) is 4.79 Å². The second-order valence-corrected chi connectivity index (χ2v) is 7.06. The second-order valence-electron chi connectivity index (χ2n) is 7.06. The van der Waals surface area contributed by atoms with Crippen LogP contribution in [0.5, 0.6) is 5.75 Å². The van der Waals surface area contributed by atoms with E-state index >= 15 is 0 Å². The van der Waals surface area contributed by atoms with Crippen LogP contribution in [0.3, 0.4) is 0 Å². The summed E-state index contributed by atoms with van der Waals surface area (Å²) >= 11 is 0. The Bertz CT molecular complexity index is 908. The molecule has 1 fully saturated rings. The molecule has 1 aliphatic heterocycles. The van der Waals surface area contributed by atoms with Crippen molar-refractivity contribution in [3.05, 3.63) is 58.9 Å². The summed E-state index contributed by atoms with van der Waals surface area (Å²) in [7, 11) is 0. The quantitative estimate of drug-likeness (QED) is 0.599. The summed E-state index contributed by atoms with van der Waals surface area (Å²) < 4.78 is 25.4. The van der Waals surface area contributed by atoms with Gasteiger partial charge in [0.1, 0.15) is 11.6 Å². The Balaban J connectivity index is 1.58. The zero-order chi connectivity index (χ0) is 20.8. The Hall–Kier alpha value is -2.93. The van der Waals surface area contributed by atoms with E-state index in [1.807, 2.05) is 36.9 Å². The predicted octanol–water partition coefficient (Wildman–Crippen LogP) is 3.20. The summed E-state index contributed by atoms with van der Waals surface area (Å²) in [6, 6.07) is 10.8. The lowest BCUT2D eigenvalue weighted by Gasteiger charge is -2.29. The summed E-state index contributed by atoms with van der Waals surface area (Å²) in [6.45, 7) is 7.98. The van der Waals surface area contributed by atoms with Crippen molar-refractivity contribution in [3.8, 4) is 5.75 Å². The molecule has 0 saturated carbocycles. The van der Waals surface area contributed by atoms with Crippen LogP contribution in [-0.2, 0) is 9.53 Å². The number of carbonyl (C=O) groups is 1. The number of rotatable bonds is 6. The summed E-state index contributed by atoms with van der Waals surface area (Å²) in [6.07, 6.45) is 0. The molecule has 0 aromatic heterocycles. The van der Waals surface area contributed by atoms with E-state index in [0.29, 0.717) is 49.0 Å². The molecule has 0 bridgehead atoms. The molecule has 0 atom stereocenters. The van der Waals surface area contributed by atoms with Crippen molar-refractivity contribution in [2.24, 2.45) is 5.10 Å². The fourth-order valence-corrected chi connectivity index (χ4v) is 3.04. The van der Waals surface area contributed by atoms with Gasteiger partial charge in [0.15, 0.2) is 6.61 Å². The van der Waals surface area contributed by atoms with E-state index in [2.05, 4.69) is 10.5 Å². The molecule has 3 rings (SSSR count). The maximum atomic E-state index is 14.5. The van der Waals surface area contributed by atoms with E-state index < -0.39 is 0 Å². The summed E-state index contributed by atoms with van der Waals surface area (Å²) in [5.41, 5.74) is 6.14. The van der Waals surface area contributed by atoms with Crippen molar-refractivity contribution < 1.29 is 18.7 Å². The molecule has 6 nitrogen and oxygen atoms in total. The number of hydrogen-bond acceptors (Lipinski definition) is 5. The summed E-state index contributed by atoms with van der Waals surface area (Å²) in [4.78, 5) is 14.0. The van der Waals surface area contributed by atoms with Crippen LogP contribution < -0.4 is 15.1 Å². The van der Waals surface area contributed by atoms with Crippen molar-refractivity contribution in [1.29, 1.82) is 0 Å². The first kappa shape index (κ1) is 20.8. The van der Waals surface area contributed by atoms with Gasteiger partial charge in [0.2, 0.25) is 0 Å². The fraction of sp³-hybridized carbons (Fsp3) is 0.364. The van der Waals surface area contributed by atoms with Crippen LogP contribution in [0.15, 0.2) is 41.5 Å². The highest BCUT2D eigenvalue weighted by Crippen LogP contribution is 2.22. The summed E-state index contributed by atoms with van der Waals surface area (Å²) in [5, 5.41) is 4.07. The van der Waals surface area contributed by atoms with Gasteiger partial charge in [-0.05, 0) is 50.1 Å². The normalized spacial score (nSPS) is 14.6. The highest BCUT2D eigenvalue weighted by atomic mass is 19.1. The van der Waals surface area contributed by atoms with E-state index in [9.17, 15) is 9.18 Å². The van der Waals surface area contributed by atoms with Gasteiger partial charge < -0.3 is 14.4 Å². The van der Waals surface area contributed by atoms with Crippen LogP contribution in [-0.4, -0.2) is 44.5 Å². The molecule has 1 saturated heterocycles. The van der Waals surface area contributed by atoms with E-state index in [1.165, 1.54) is 6.07 Å². The second kappa shape index (κ2) is 9.52. The van der Waals surface area contributed by atoms with Gasteiger partial charge in [-0.1, -0.05) is 18.2 Å². The first-order chi connectivity index (χ1) is 13.9. The number of morpholine rings is 1. The van der Waals surface area contributed by atoms with Gasteiger partial charge in [0.05, 0.1) is 24.6 Å². The molecule has 2 aromatic rings. The largest absolute Gasteiger partial charge is 0.483 e. The van der Waals surface area contributed by atoms with E-state index in [4.69, 9.17) is 9.47 Å². The van der Waals surface area contributed by atoms with Gasteiger partial charge in [-0.25, -0.2) is 9.82 Å². The molecule has 1 heterocycles. The lowest BCUT2D eigenvalue weighted by atomic mass is 10.1. The zero-order valence-corrected chi connectivity index (χ0v) is 17.0. The smallest absolute Gasteiger partial charge is 0.277 e. The summed E-state index contributed by atoms with van der Waals surface area (Å²) in [5.74, 6) is -0.0270. The third-order valence-electron chi connectivity index (χ3n) is 4.77. The number of nitrogens with one attached hydrogen (secondary N) is 1. The van der Waals surface area contributed by atoms with E-state index in [-0.39, 0.29) is 18.3 Å². The molecule has 1 N–H and O–H groups in total. The number of halogens is 1. The molecule has 154 valence electrons. The van der Waals surface area contributed by atoms with E-state index in [1.54, 1.807) is 19.1 Å². The van der Waals surface area contributed by atoms with E-state index in [0.717, 1.165) is 11.1 Å². The molecule has 2 aromatic carbocycles. The van der Waals surface area contributed by atoms with Crippen LogP contribution in [0.25, 0.3) is 0 Å². The van der Waals surface area contributed by atoms with Crippen molar-refractivity contribution >= 4 is 17.3 Å². The Morgan fingerprint density at radius 2 is 1.97 bits per heavy atom. The molecule has 0 spiro atoms. The molecule has 0 radical (unpaired) electrons. The van der Waals surface area contributed by atoms with Gasteiger partial charge in [0.25, 0.3) is 5.91 Å². The minimum Gasteiger partial charge on any atom is -0.483 e. The van der Waals surface area contributed by atoms with Crippen LogP contribution in [0, 0.1) is 19.7 Å². The number of aryl methyl sites for hydroxylation is 2. The van der Waals surface area contributed by atoms with Gasteiger partial charge in [-0.15, -0.1) is 0 Å². The minimum absolute atomic E-state index is 0.147. The Morgan fingerprint density at radius 1 is 1.21 bits per heavy atom. The van der Waals surface area contributed by atoms with Crippen molar-refractivity contribution in [3.63, 3.8) is 0 Å². The average molecular weight is 399 g/mol. The van der Waals surface area contributed by atoms with Crippen LogP contribution >= 0.6 is 0 Å². The zero-order valence-electron chi connectivity index (χ0n) is 17.0. The number of carbonyl (C=O) groups excluding carboxylic acids is 1. The molecule has 1 amide bonds. The van der Waals surface area contributed by atoms with Gasteiger partial charge in [-0.2, -0.15) is 5.10 Å². The number of nitrogens with zero attached hydrogens (tertiary/aromatic N) is 2. The maximum Gasteiger partial charge on any atom is 0.277 e. The topological polar surface area (TPSA) is 63.2 Å². The number of benzene rings is 2. The first-order valence-electron chi connectivity index (χ1n) is 9.60. The highest BCUT2D eigenvalue weighted by Gasteiger charge is 2.16.